The summed E-state index contributed by atoms with van der Waals surface area (Å²) < 4.78 is 2.44. The van der Waals surface area contributed by atoms with Gasteiger partial charge in [0.1, 0.15) is 0 Å². The van der Waals surface area contributed by atoms with Gasteiger partial charge in [-0.2, -0.15) is 0 Å². The van der Waals surface area contributed by atoms with E-state index < -0.39 is 0 Å². The van der Waals surface area contributed by atoms with Crippen LogP contribution in [-0.4, -0.2) is 4.57 Å². The van der Waals surface area contributed by atoms with E-state index in [0.717, 1.165) is 29.9 Å². The Bertz CT molecular complexity index is 2710. The number of rotatable bonds is 11. The monoisotopic (exact) mass is 750 g/mol. The van der Waals surface area contributed by atoms with Gasteiger partial charge in [-0.3, -0.25) is 0 Å². The number of nitrogens with zero attached hydrogens (tertiary/aromatic N) is 2. The molecule has 0 saturated heterocycles. The van der Waals surface area contributed by atoms with Gasteiger partial charge in [-0.05, 0) is 142 Å². The first-order chi connectivity index (χ1) is 28.4. The van der Waals surface area contributed by atoms with Crippen LogP contribution in [0.5, 0.6) is 0 Å². The van der Waals surface area contributed by atoms with Crippen LogP contribution in [0.3, 0.4) is 0 Å². The maximum absolute atomic E-state index is 2.44. The quantitative estimate of drug-likeness (QED) is 0.128. The van der Waals surface area contributed by atoms with Gasteiger partial charge >= 0.3 is 0 Å². The average molecular weight is 751 g/mol. The molecule has 58 heavy (non-hydrogen) atoms. The number of hydrogen-bond acceptors (Lipinski definition) is 1. The number of aromatic nitrogens is 1. The SMILES string of the molecule is CC(C)Cc1ccc2c(c1)c1cc(CC(C)C)ccc1n2-c1ccc(-c2ccc(-c3ccc(N(c4ccccc4)c4ccc(-c5ccccc5)cc4)cc3)cc2)cc1. The van der Waals surface area contributed by atoms with Crippen molar-refractivity contribution in [3.8, 4) is 39.1 Å². The van der Waals surface area contributed by atoms with Crippen LogP contribution >= 0.6 is 0 Å². The van der Waals surface area contributed by atoms with Gasteiger partial charge in [0.05, 0.1) is 11.0 Å². The van der Waals surface area contributed by atoms with Crippen LogP contribution in [0, 0.1) is 11.8 Å². The Morgan fingerprint density at radius 2 is 0.707 bits per heavy atom. The number of anilines is 3. The van der Waals surface area contributed by atoms with Crippen molar-refractivity contribution in [2.45, 2.75) is 40.5 Å². The molecule has 2 nitrogen and oxygen atoms in total. The highest BCUT2D eigenvalue weighted by Crippen LogP contribution is 2.38. The fourth-order valence-electron chi connectivity index (χ4n) is 8.51. The van der Waals surface area contributed by atoms with Crippen LogP contribution in [0.2, 0.25) is 0 Å². The van der Waals surface area contributed by atoms with E-state index in [0.29, 0.717) is 11.8 Å². The van der Waals surface area contributed by atoms with E-state index >= 15 is 0 Å². The Morgan fingerprint density at radius 1 is 0.362 bits per heavy atom. The average Bonchev–Trinajstić information content (AvgIpc) is 3.57. The topological polar surface area (TPSA) is 8.17 Å². The highest BCUT2D eigenvalue weighted by molar-refractivity contribution is 6.09. The van der Waals surface area contributed by atoms with Crippen LogP contribution in [0.1, 0.15) is 38.8 Å². The van der Waals surface area contributed by atoms with E-state index in [1.165, 1.54) is 72.0 Å². The van der Waals surface area contributed by atoms with Gasteiger partial charge in [-0.15, -0.1) is 0 Å². The highest BCUT2D eigenvalue weighted by atomic mass is 15.1. The zero-order valence-corrected chi connectivity index (χ0v) is 33.9. The molecule has 0 radical (unpaired) electrons. The molecular weight excluding hydrogens is 701 g/mol. The lowest BCUT2D eigenvalue weighted by Gasteiger charge is -2.26. The maximum Gasteiger partial charge on any atom is 0.0541 e. The van der Waals surface area contributed by atoms with E-state index in [2.05, 4.69) is 231 Å². The summed E-state index contributed by atoms with van der Waals surface area (Å²) in [6.07, 6.45) is 2.18. The molecule has 1 aromatic heterocycles. The molecule has 284 valence electrons. The summed E-state index contributed by atoms with van der Waals surface area (Å²) in [5.41, 5.74) is 17.1. The van der Waals surface area contributed by atoms with Crippen molar-refractivity contribution in [3.05, 3.63) is 205 Å². The molecular formula is C56H50N2. The van der Waals surface area contributed by atoms with E-state index in [9.17, 15) is 0 Å². The first-order valence-corrected chi connectivity index (χ1v) is 20.8. The normalized spacial score (nSPS) is 11.6. The minimum Gasteiger partial charge on any atom is -0.311 e. The molecule has 0 atom stereocenters. The number of hydrogen-bond donors (Lipinski definition) is 0. The van der Waals surface area contributed by atoms with Gasteiger partial charge in [0.15, 0.2) is 0 Å². The molecule has 0 bridgehead atoms. The lowest BCUT2D eigenvalue weighted by Crippen LogP contribution is -2.09. The molecule has 9 rings (SSSR count). The van der Waals surface area contributed by atoms with Crippen molar-refractivity contribution >= 4 is 38.9 Å². The summed E-state index contributed by atoms with van der Waals surface area (Å²) in [5, 5.41) is 2.69. The van der Waals surface area contributed by atoms with E-state index in [1.807, 2.05) is 0 Å². The summed E-state index contributed by atoms with van der Waals surface area (Å²) in [6, 6.07) is 71.1. The first-order valence-electron chi connectivity index (χ1n) is 20.8. The zero-order valence-electron chi connectivity index (χ0n) is 33.9. The van der Waals surface area contributed by atoms with Crippen molar-refractivity contribution in [2.75, 3.05) is 4.90 Å². The summed E-state index contributed by atoms with van der Waals surface area (Å²) in [5.74, 6) is 1.24. The second kappa shape index (κ2) is 16.1. The number of para-hydroxylation sites is 1. The summed E-state index contributed by atoms with van der Waals surface area (Å²) in [4.78, 5) is 2.32. The molecule has 0 N–H and O–H groups in total. The first kappa shape index (κ1) is 37.0. The van der Waals surface area contributed by atoms with Crippen LogP contribution < -0.4 is 4.90 Å². The highest BCUT2D eigenvalue weighted by Gasteiger charge is 2.16. The zero-order chi connectivity index (χ0) is 39.6. The van der Waals surface area contributed by atoms with E-state index in [4.69, 9.17) is 0 Å². The van der Waals surface area contributed by atoms with Crippen LogP contribution in [-0.2, 0) is 12.8 Å². The molecule has 0 unspecified atom stereocenters. The lowest BCUT2D eigenvalue weighted by molar-refractivity contribution is 0.647. The Morgan fingerprint density at radius 3 is 1.12 bits per heavy atom. The molecule has 1 heterocycles. The lowest BCUT2D eigenvalue weighted by atomic mass is 9.99. The van der Waals surface area contributed by atoms with Crippen molar-refractivity contribution in [1.29, 1.82) is 0 Å². The largest absolute Gasteiger partial charge is 0.311 e. The van der Waals surface area contributed by atoms with Gasteiger partial charge in [-0.1, -0.05) is 149 Å². The van der Waals surface area contributed by atoms with Crippen LogP contribution in [0.4, 0.5) is 17.1 Å². The van der Waals surface area contributed by atoms with Gasteiger partial charge in [0.2, 0.25) is 0 Å². The summed E-state index contributed by atoms with van der Waals surface area (Å²) >= 11 is 0. The molecule has 0 fully saturated rings. The van der Waals surface area contributed by atoms with E-state index in [1.54, 1.807) is 0 Å². The molecule has 0 aliphatic heterocycles. The third-order valence-electron chi connectivity index (χ3n) is 11.2. The molecule has 0 spiro atoms. The minimum absolute atomic E-state index is 0.621. The van der Waals surface area contributed by atoms with Crippen molar-refractivity contribution in [3.63, 3.8) is 0 Å². The van der Waals surface area contributed by atoms with Gasteiger partial charge in [0.25, 0.3) is 0 Å². The molecule has 0 aliphatic rings. The number of fused-ring (bicyclic) bond motifs is 3. The molecule has 9 aromatic rings. The van der Waals surface area contributed by atoms with Crippen molar-refractivity contribution in [1.82, 2.24) is 4.57 Å². The summed E-state index contributed by atoms with van der Waals surface area (Å²) in [7, 11) is 0. The Balaban J connectivity index is 0.974. The predicted molar refractivity (Wildman–Crippen MR) is 249 cm³/mol. The fourth-order valence-corrected chi connectivity index (χ4v) is 8.51. The fraction of sp³-hybridized carbons (Fsp3) is 0.143. The van der Waals surface area contributed by atoms with E-state index in [-0.39, 0.29) is 0 Å². The maximum atomic E-state index is 2.44. The summed E-state index contributed by atoms with van der Waals surface area (Å²) in [6.45, 7) is 9.20. The smallest absolute Gasteiger partial charge is 0.0541 e. The third-order valence-corrected chi connectivity index (χ3v) is 11.2. The van der Waals surface area contributed by atoms with Gasteiger partial charge < -0.3 is 9.47 Å². The second-order valence-corrected chi connectivity index (χ2v) is 16.5. The van der Waals surface area contributed by atoms with Crippen molar-refractivity contribution < 1.29 is 0 Å². The van der Waals surface area contributed by atoms with Crippen LogP contribution in [0.15, 0.2) is 194 Å². The molecule has 8 aromatic carbocycles. The molecule has 0 amide bonds. The standard InChI is InChI=1S/C56H50N2/c1-39(2)35-41-15-33-55-53(37-41)54-38-42(36-40(3)4)16-34-56(54)58(55)52-31-25-48(26-32-52)45-19-17-44(18-20-45)47-23-29-51(30-24-47)57(49-13-9-6-10-14-49)50-27-21-46(22-28-50)43-11-7-5-8-12-43/h5-34,37-40H,35-36H2,1-4H3. The minimum atomic E-state index is 0.621. The Labute approximate surface area is 343 Å². The predicted octanol–water partition coefficient (Wildman–Crippen LogP) is 15.7. The van der Waals surface area contributed by atoms with Crippen molar-refractivity contribution in [2.24, 2.45) is 11.8 Å². The molecule has 0 aliphatic carbocycles. The van der Waals surface area contributed by atoms with Crippen LogP contribution in [0.25, 0.3) is 60.9 Å². The molecule has 2 heteroatoms. The molecule has 0 saturated carbocycles. The second-order valence-electron chi connectivity index (χ2n) is 16.5. The van der Waals surface area contributed by atoms with Gasteiger partial charge in [-0.25, -0.2) is 0 Å². The number of benzene rings is 8. The Kier molecular flexibility index (Phi) is 10.2. The third kappa shape index (κ3) is 7.59. The Hall–Kier alpha value is -6.64. The van der Waals surface area contributed by atoms with Gasteiger partial charge in [0, 0.05) is 33.5 Å².